The first-order chi connectivity index (χ1) is 18.9. The molecule has 11 heteroatoms. The molecule has 1 unspecified atom stereocenters. The zero-order valence-electron chi connectivity index (χ0n) is 21.4. The second kappa shape index (κ2) is 10.9. The van der Waals surface area contributed by atoms with E-state index in [-0.39, 0.29) is 24.1 Å². The van der Waals surface area contributed by atoms with Crippen LogP contribution in [-0.4, -0.2) is 56.7 Å². The van der Waals surface area contributed by atoms with Crippen molar-refractivity contribution in [2.75, 3.05) is 25.9 Å². The standard InChI is InChI=1S/C28H28FN7O3/c1-3-23(37)35-12-4-5-20(15-35)36-27-24(26(30)32-16-33-27)25(34-36)18-8-6-17(7-9-18)14-31-28(38)21-13-19(29)10-11-22(21)39-2/h3,6-11,13,16,20H,1,4-5,12,14-15H2,2H3,(H,31,38)(H2,30,32,33). The Bertz CT molecular complexity index is 1550. The van der Waals surface area contributed by atoms with Crippen LogP contribution in [0.4, 0.5) is 10.2 Å². The van der Waals surface area contributed by atoms with Gasteiger partial charge in [-0.25, -0.2) is 19.0 Å². The molecule has 1 aliphatic heterocycles. The number of nitrogens with one attached hydrogen (secondary N) is 1. The van der Waals surface area contributed by atoms with Crippen LogP contribution in [0.3, 0.4) is 0 Å². The van der Waals surface area contributed by atoms with Crippen molar-refractivity contribution < 1.29 is 18.7 Å². The molecular weight excluding hydrogens is 501 g/mol. The van der Waals surface area contributed by atoms with Gasteiger partial charge in [-0.15, -0.1) is 0 Å². The highest BCUT2D eigenvalue weighted by Gasteiger charge is 2.28. The van der Waals surface area contributed by atoms with E-state index in [1.165, 1.54) is 31.6 Å². The van der Waals surface area contributed by atoms with Crippen LogP contribution < -0.4 is 15.8 Å². The first-order valence-electron chi connectivity index (χ1n) is 12.5. The minimum absolute atomic E-state index is 0.0671. The number of benzene rings is 2. The molecule has 1 saturated heterocycles. The molecule has 0 aliphatic carbocycles. The first-order valence-corrected chi connectivity index (χ1v) is 12.5. The molecule has 3 N–H and O–H groups in total. The predicted octanol–water partition coefficient (Wildman–Crippen LogP) is 3.50. The van der Waals surface area contributed by atoms with Gasteiger partial charge in [0.1, 0.15) is 29.4 Å². The zero-order chi connectivity index (χ0) is 27.5. The van der Waals surface area contributed by atoms with Crippen LogP contribution in [0.2, 0.25) is 0 Å². The summed E-state index contributed by atoms with van der Waals surface area (Å²) in [7, 11) is 1.43. The van der Waals surface area contributed by atoms with E-state index >= 15 is 0 Å². The maximum absolute atomic E-state index is 13.7. The molecule has 1 fully saturated rings. The van der Waals surface area contributed by atoms with Gasteiger partial charge in [0.2, 0.25) is 5.91 Å². The molecule has 39 heavy (non-hydrogen) atoms. The molecule has 4 aromatic rings. The molecule has 2 amide bonds. The smallest absolute Gasteiger partial charge is 0.255 e. The monoisotopic (exact) mass is 529 g/mol. The number of aromatic nitrogens is 4. The fourth-order valence-corrected chi connectivity index (χ4v) is 4.85. The SMILES string of the molecule is C=CC(=O)N1CCCC(n2nc(-c3ccc(CNC(=O)c4cc(F)ccc4OC)cc3)c3c(N)ncnc32)C1. The molecule has 0 spiro atoms. The van der Waals surface area contributed by atoms with Crippen molar-refractivity contribution >= 4 is 28.7 Å². The molecule has 1 atom stereocenters. The highest BCUT2D eigenvalue weighted by atomic mass is 19.1. The number of piperidine rings is 1. The number of rotatable bonds is 7. The number of ether oxygens (including phenoxy) is 1. The Morgan fingerprint density at radius 1 is 1.23 bits per heavy atom. The number of methoxy groups -OCH3 is 1. The Labute approximate surface area is 224 Å². The van der Waals surface area contributed by atoms with E-state index in [1.807, 2.05) is 28.9 Å². The van der Waals surface area contributed by atoms with Crippen molar-refractivity contribution in [2.45, 2.75) is 25.4 Å². The zero-order valence-corrected chi connectivity index (χ0v) is 21.4. The van der Waals surface area contributed by atoms with Crippen LogP contribution in [0.25, 0.3) is 22.3 Å². The largest absolute Gasteiger partial charge is 0.496 e. The number of hydrogen-bond acceptors (Lipinski definition) is 7. The summed E-state index contributed by atoms with van der Waals surface area (Å²) in [4.78, 5) is 35.3. The number of fused-ring (bicyclic) bond motifs is 1. The van der Waals surface area contributed by atoms with E-state index < -0.39 is 11.7 Å². The summed E-state index contributed by atoms with van der Waals surface area (Å²) in [5.41, 5.74) is 9.27. The molecule has 200 valence electrons. The third-order valence-electron chi connectivity index (χ3n) is 6.83. The third-order valence-corrected chi connectivity index (χ3v) is 6.83. The number of amides is 2. The van der Waals surface area contributed by atoms with Crippen molar-refractivity contribution in [3.05, 3.63) is 78.4 Å². The quantitative estimate of drug-likeness (QED) is 0.351. The van der Waals surface area contributed by atoms with Gasteiger partial charge in [-0.05, 0) is 42.7 Å². The van der Waals surface area contributed by atoms with E-state index in [0.717, 1.165) is 30.0 Å². The van der Waals surface area contributed by atoms with E-state index in [4.69, 9.17) is 15.6 Å². The number of anilines is 1. The van der Waals surface area contributed by atoms with Crippen LogP contribution in [0, 0.1) is 5.82 Å². The minimum atomic E-state index is -0.520. The van der Waals surface area contributed by atoms with Crippen molar-refractivity contribution in [1.29, 1.82) is 0 Å². The molecule has 0 bridgehead atoms. The van der Waals surface area contributed by atoms with Gasteiger partial charge in [-0.3, -0.25) is 9.59 Å². The predicted molar refractivity (Wildman–Crippen MR) is 144 cm³/mol. The van der Waals surface area contributed by atoms with Gasteiger partial charge < -0.3 is 20.7 Å². The number of likely N-dealkylation sites (tertiary alicyclic amines) is 1. The van der Waals surface area contributed by atoms with Crippen molar-refractivity contribution in [1.82, 2.24) is 30.0 Å². The number of nitrogens with two attached hydrogens (primary N) is 1. The summed E-state index contributed by atoms with van der Waals surface area (Å²) in [5.74, 6) is -0.461. The summed E-state index contributed by atoms with van der Waals surface area (Å²) in [5, 5.41) is 8.32. The van der Waals surface area contributed by atoms with Crippen LogP contribution in [0.15, 0.2) is 61.4 Å². The normalized spacial score (nSPS) is 15.2. The number of nitrogens with zero attached hydrogens (tertiary/aromatic N) is 5. The molecule has 3 heterocycles. The summed E-state index contributed by atoms with van der Waals surface area (Å²) >= 11 is 0. The fraction of sp³-hybridized carbons (Fsp3) is 0.250. The second-order valence-electron chi connectivity index (χ2n) is 9.26. The van der Waals surface area contributed by atoms with E-state index in [2.05, 4.69) is 21.9 Å². The van der Waals surface area contributed by atoms with Gasteiger partial charge in [0.15, 0.2) is 5.65 Å². The Morgan fingerprint density at radius 3 is 2.77 bits per heavy atom. The highest BCUT2D eigenvalue weighted by molar-refractivity contribution is 5.98. The van der Waals surface area contributed by atoms with Gasteiger partial charge in [-0.1, -0.05) is 30.8 Å². The fourth-order valence-electron chi connectivity index (χ4n) is 4.85. The van der Waals surface area contributed by atoms with Crippen LogP contribution >= 0.6 is 0 Å². The van der Waals surface area contributed by atoms with Crippen LogP contribution in [0.1, 0.15) is 34.8 Å². The molecule has 0 saturated carbocycles. The summed E-state index contributed by atoms with van der Waals surface area (Å²) in [6.45, 7) is 5.01. The first kappa shape index (κ1) is 25.8. The summed E-state index contributed by atoms with van der Waals surface area (Å²) < 4.78 is 20.7. The highest BCUT2D eigenvalue weighted by Crippen LogP contribution is 2.34. The molecule has 5 rings (SSSR count). The minimum Gasteiger partial charge on any atom is -0.496 e. The van der Waals surface area contributed by atoms with Gasteiger partial charge in [0, 0.05) is 25.2 Å². The molecular formula is C28H28FN7O3. The average molecular weight is 530 g/mol. The van der Waals surface area contributed by atoms with Crippen molar-refractivity contribution in [3.8, 4) is 17.0 Å². The lowest BCUT2D eigenvalue weighted by Gasteiger charge is -2.32. The van der Waals surface area contributed by atoms with Gasteiger partial charge in [0.25, 0.3) is 5.91 Å². The second-order valence-corrected chi connectivity index (χ2v) is 9.26. The van der Waals surface area contributed by atoms with Crippen LogP contribution in [0.5, 0.6) is 5.75 Å². The third kappa shape index (κ3) is 5.15. The van der Waals surface area contributed by atoms with Gasteiger partial charge in [0.05, 0.1) is 24.1 Å². The number of hydrogen-bond donors (Lipinski definition) is 2. The Morgan fingerprint density at radius 2 is 2.03 bits per heavy atom. The number of halogens is 1. The van der Waals surface area contributed by atoms with E-state index in [0.29, 0.717) is 41.4 Å². The Balaban J connectivity index is 1.39. The van der Waals surface area contributed by atoms with Gasteiger partial charge in [-0.2, -0.15) is 5.10 Å². The lowest BCUT2D eigenvalue weighted by molar-refractivity contribution is -0.127. The topological polar surface area (TPSA) is 128 Å². The molecule has 10 nitrogen and oxygen atoms in total. The number of nitrogen functional groups attached to an aromatic ring is 1. The van der Waals surface area contributed by atoms with E-state index in [1.54, 1.807) is 4.90 Å². The Kier molecular flexibility index (Phi) is 7.22. The molecule has 2 aromatic carbocycles. The van der Waals surface area contributed by atoms with Crippen molar-refractivity contribution in [2.24, 2.45) is 0 Å². The molecule has 1 aliphatic rings. The summed E-state index contributed by atoms with van der Waals surface area (Å²) in [6, 6.07) is 11.2. The van der Waals surface area contributed by atoms with Gasteiger partial charge >= 0.3 is 0 Å². The van der Waals surface area contributed by atoms with Crippen LogP contribution in [-0.2, 0) is 11.3 Å². The average Bonchev–Trinajstić information content (AvgIpc) is 3.37. The van der Waals surface area contributed by atoms with Crippen molar-refractivity contribution in [3.63, 3.8) is 0 Å². The maximum Gasteiger partial charge on any atom is 0.255 e. The summed E-state index contributed by atoms with van der Waals surface area (Å²) in [6.07, 6.45) is 4.42. The molecule has 2 aromatic heterocycles. The number of carbonyl (C=O) groups is 2. The van der Waals surface area contributed by atoms with E-state index in [9.17, 15) is 14.0 Å². The Hall–Kier alpha value is -4.80. The molecule has 0 radical (unpaired) electrons. The lowest BCUT2D eigenvalue weighted by atomic mass is 10.1. The number of carbonyl (C=O) groups excluding carboxylic acids is 2. The maximum atomic E-state index is 13.7. The lowest BCUT2D eigenvalue weighted by Crippen LogP contribution is -2.40.